The van der Waals surface area contributed by atoms with Crippen LogP contribution in [0, 0.1) is 6.92 Å². The second-order valence-electron chi connectivity index (χ2n) is 5.05. The molecule has 1 rings (SSSR count). The van der Waals surface area contributed by atoms with Crippen molar-refractivity contribution in [3.8, 4) is 5.75 Å². The maximum Gasteiger partial charge on any atom is 0.258 e. The molecule has 1 amide bonds. The normalized spacial score (nSPS) is 12.9. The maximum absolute atomic E-state index is 11.7. The van der Waals surface area contributed by atoms with Crippen LogP contribution in [-0.2, 0) is 4.79 Å². The monoisotopic (exact) mass is 251 g/mol. The molecule has 0 heterocycles. The lowest BCUT2D eigenvalue weighted by atomic mass is 9.99. The van der Waals surface area contributed by atoms with Gasteiger partial charge in [-0.15, -0.1) is 0 Å². The van der Waals surface area contributed by atoms with Gasteiger partial charge in [0, 0.05) is 0 Å². The summed E-state index contributed by atoms with van der Waals surface area (Å²) in [6, 6.07) is 7.51. The molecule has 4 nitrogen and oxygen atoms in total. The van der Waals surface area contributed by atoms with Crippen LogP contribution in [0.3, 0.4) is 0 Å². The van der Waals surface area contributed by atoms with Crippen molar-refractivity contribution >= 4 is 5.91 Å². The van der Waals surface area contributed by atoms with Crippen molar-refractivity contribution in [2.75, 3.05) is 6.61 Å². The zero-order chi connectivity index (χ0) is 13.8. The van der Waals surface area contributed by atoms with Gasteiger partial charge < -0.3 is 15.2 Å². The third-order valence-corrected chi connectivity index (χ3v) is 2.87. The van der Waals surface area contributed by atoms with Crippen molar-refractivity contribution in [2.45, 2.75) is 39.3 Å². The molecule has 1 aromatic carbocycles. The van der Waals surface area contributed by atoms with E-state index in [1.54, 1.807) is 26.8 Å². The number of carbonyl (C=O) groups is 1. The van der Waals surface area contributed by atoms with Crippen LogP contribution in [0.2, 0.25) is 0 Å². The SMILES string of the molecule is Cc1cccc(OCC(=O)NC(C)(C)C(C)O)c1. The number of benzene rings is 1. The fourth-order valence-corrected chi connectivity index (χ4v) is 1.35. The summed E-state index contributed by atoms with van der Waals surface area (Å²) in [4.78, 5) is 11.7. The Morgan fingerprint density at radius 2 is 2.17 bits per heavy atom. The molecule has 18 heavy (non-hydrogen) atoms. The zero-order valence-corrected chi connectivity index (χ0v) is 11.4. The van der Waals surface area contributed by atoms with Gasteiger partial charge in [0.2, 0.25) is 0 Å². The van der Waals surface area contributed by atoms with Crippen molar-refractivity contribution in [1.82, 2.24) is 5.32 Å². The molecule has 0 spiro atoms. The number of aryl methyl sites for hydroxylation is 1. The summed E-state index contributed by atoms with van der Waals surface area (Å²) in [6.45, 7) is 7.08. The van der Waals surface area contributed by atoms with Crippen molar-refractivity contribution in [3.05, 3.63) is 29.8 Å². The minimum atomic E-state index is -0.660. The Morgan fingerprint density at radius 1 is 1.50 bits per heavy atom. The van der Waals surface area contributed by atoms with Crippen LogP contribution >= 0.6 is 0 Å². The first kappa shape index (κ1) is 14.5. The number of aliphatic hydroxyl groups excluding tert-OH is 1. The van der Waals surface area contributed by atoms with Crippen molar-refractivity contribution in [3.63, 3.8) is 0 Å². The number of carbonyl (C=O) groups excluding carboxylic acids is 1. The van der Waals surface area contributed by atoms with Crippen LogP contribution in [-0.4, -0.2) is 29.3 Å². The van der Waals surface area contributed by atoms with E-state index in [0.29, 0.717) is 5.75 Å². The lowest BCUT2D eigenvalue weighted by Crippen LogP contribution is -2.52. The molecule has 0 fully saturated rings. The van der Waals surface area contributed by atoms with E-state index in [1.165, 1.54) is 0 Å². The third-order valence-electron chi connectivity index (χ3n) is 2.87. The van der Waals surface area contributed by atoms with E-state index in [-0.39, 0.29) is 12.5 Å². The average Bonchev–Trinajstić information content (AvgIpc) is 2.25. The van der Waals surface area contributed by atoms with Gasteiger partial charge in [0.05, 0.1) is 11.6 Å². The average molecular weight is 251 g/mol. The second kappa shape index (κ2) is 5.87. The van der Waals surface area contributed by atoms with E-state index in [1.807, 2.05) is 25.1 Å². The van der Waals surface area contributed by atoms with Crippen LogP contribution in [0.25, 0.3) is 0 Å². The first-order valence-corrected chi connectivity index (χ1v) is 6.00. The predicted octanol–water partition coefficient (Wildman–Crippen LogP) is 1.65. The number of aliphatic hydroxyl groups is 1. The molecule has 4 heteroatoms. The molecule has 0 aromatic heterocycles. The smallest absolute Gasteiger partial charge is 0.258 e. The molecule has 1 unspecified atom stereocenters. The first-order valence-electron chi connectivity index (χ1n) is 6.00. The molecule has 100 valence electrons. The summed E-state index contributed by atoms with van der Waals surface area (Å²) in [6.07, 6.45) is -0.625. The summed E-state index contributed by atoms with van der Waals surface area (Å²) >= 11 is 0. The lowest BCUT2D eigenvalue weighted by Gasteiger charge is -2.29. The standard InChI is InChI=1S/C14H21NO3/c1-10-6-5-7-12(8-10)18-9-13(17)15-14(3,4)11(2)16/h5-8,11,16H,9H2,1-4H3,(H,15,17). The van der Waals surface area contributed by atoms with Crippen molar-refractivity contribution < 1.29 is 14.6 Å². The second-order valence-corrected chi connectivity index (χ2v) is 5.05. The minimum Gasteiger partial charge on any atom is -0.484 e. The number of nitrogens with one attached hydrogen (secondary N) is 1. The lowest BCUT2D eigenvalue weighted by molar-refractivity contribution is -0.126. The molecule has 0 aliphatic carbocycles. The summed E-state index contributed by atoms with van der Waals surface area (Å²) < 4.78 is 5.38. The van der Waals surface area contributed by atoms with Gasteiger partial charge in [-0.2, -0.15) is 0 Å². The molecule has 0 bridgehead atoms. The van der Waals surface area contributed by atoms with E-state index >= 15 is 0 Å². The summed E-state index contributed by atoms with van der Waals surface area (Å²) in [5, 5.41) is 12.2. The first-order chi connectivity index (χ1) is 8.31. The van der Waals surface area contributed by atoms with Crippen LogP contribution < -0.4 is 10.1 Å². The fraction of sp³-hybridized carbons (Fsp3) is 0.500. The molecule has 1 atom stereocenters. The zero-order valence-electron chi connectivity index (χ0n) is 11.4. The summed E-state index contributed by atoms with van der Waals surface area (Å²) in [5.41, 5.74) is 0.421. The molecule has 1 aromatic rings. The quantitative estimate of drug-likeness (QED) is 0.836. The van der Waals surface area contributed by atoms with Gasteiger partial charge in [-0.25, -0.2) is 0 Å². The number of rotatable bonds is 5. The van der Waals surface area contributed by atoms with E-state index in [0.717, 1.165) is 5.56 Å². The van der Waals surface area contributed by atoms with E-state index < -0.39 is 11.6 Å². The Kier molecular flexibility index (Phi) is 4.73. The van der Waals surface area contributed by atoms with Crippen molar-refractivity contribution in [2.24, 2.45) is 0 Å². The van der Waals surface area contributed by atoms with Crippen LogP contribution in [0.1, 0.15) is 26.3 Å². The highest BCUT2D eigenvalue weighted by molar-refractivity contribution is 5.78. The minimum absolute atomic E-state index is 0.0559. The Bertz CT molecular complexity index is 413. The van der Waals surface area contributed by atoms with E-state index in [9.17, 15) is 9.90 Å². The van der Waals surface area contributed by atoms with Crippen LogP contribution in [0.15, 0.2) is 24.3 Å². The topological polar surface area (TPSA) is 58.6 Å². The highest BCUT2D eigenvalue weighted by Gasteiger charge is 2.25. The highest BCUT2D eigenvalue weighted by atomic mass is 16.5. The highest BCUT2D eigenvalue weighted by Crippen LogP contribution is 2.12. The molecule has 2 N–H and O–H groups in total. The number of ether oxygens (including phenoxy) is 1. The van der Waals surface area contributed by atoms with E-state index in [4.69, 9.17) is 4.74 Å². The van der Waals surface area contributed by atoms with Gasteiger partial charge in [-0.3, -0.25) is 4.79 Å². The Labute approximate surface area is 108 Å². The Morgan fingerprint density at radius 3 is 2.72 bits per heavy atom. The number of hydrogen-bond donors (Lipinski definition) is 2. The maximum atomic E-state index is 11.7. The third kappa shape index (κ3) is 4.37. The summed E-state index contributed by atoms with van der Waals surface area (Å²) in [7, 11) is 0. The van der Waals surface area contributed by atoms with Gasteiger partial charge in [-0.05, 0) is 45.4 Å². The fourth-order valence-electron chi connectivity index (χ4n) is 1.35. The van der Waals surface area contributed by atoms with Crippen molar-refractivity contribution in [1.29, 1.82) is 0 Å². The molecule has 0 saturated heterocycles. The molecular weight excluding hydrogens is 230 g/mol. The van der Waals surface area contributed by atoms with Gasteiger partial charge in [0.25, 0.3) is 5.91 Å². The van der Waals surface area contributed by atoms with Crippen LogP contribution in [0.4, 0.5) is 0 Å². The van der Waals surface area contributed by atoms with Crippen LogP contribution in [0.5, 0.6) is 5.75 Å². The van der Waals surface area contributed by atoms with Gasteiger partial charge in [-0.1, -0.05) is 12.1 Å². The van der Waals surface area contributed by atoms with E-state index in [2.05, 4.69) is 5.32 Å². The predicted molar refractivity (Wildman–Crippen MR) is 70.6 cm³/mol. The Balaban J connectivity index is 2.47. The number of amides is 1. The molecule has 0 aliphatic heterocycles. The van der Waals surface area contributed by atoms with Gasteiger partial charge in [0.1, 0.15) is 5.75 Å². The van der Waals surface area contributed by atoms with Gasteiger partial charge >= 0.3 is 0 Å². The largest absolute Gasteiger partial charge is 0.484 e. The number of hydrogen-bond acceptors (Lipinski definition) is 3. The molecule has 0 radical (unpaired) electrons. The molecule has 0 saturated carbocycles. The molecular formula is C14H21NO3. The molecule has 0 aliphatic rings. The Hall–Kier alpha value is -1.55. The van der Waals surface area contributed by atoms with Gasteiger partial charge in [0.15, 0.2) is 6.61 Å². The summed E-state index contributed by atoms with van der Waals surface area (Å²) in [5.74, 6) is 0.419.